The van der Waals surface area contributed by atoms with Crippen molar-refractivity contribution in [3.63, 3.8) is 0 Å². The monoisotopic (exact) mass is 294 g/mol. The van der Waals surface area contributed by atoms with Crippen molar-refractivity contribution in [3.8, 4) is 5.75 Å². The first-order valence-corrected chi connectivity index (χ1v) is 7.88. The smallest absolute Gasteiger partial charge is 0.328 e. The number of rotatable bonds is 8. The molecule has 0 heterocycles. The number of carbonyl (C=O) groups is 1. The molecular formula is C16H22O3S. The van der Waals surface area contributed by atoms with Crippen molar-refractivity contribution in [2.45, 2.75) is 26.0 Å². The molecule has 3 nitrogen and oxygen atoms in total. The fourth-order valence-electron chi connectivity index (χ4n) is 1.65. The molecule has 20 heavy (non-hydrogen) atoms. The lowest BCUT2D eigenvalue weighted by Crippen LogP contribution is -1.97. The Morgan fingerprint density at radius 2 is 2.25 bits per heavy atom. The van der Waals surface area contributed by atoms with Gasteiger partial charge in [-0.2, -0.15) is 11.8 Å². The molecule has 0 aliphatic heterocycles. The van der Waals surface area contributed by atoms with Crippen LogP contribution >= 0.6 is 11.8 Å². The minimum Gasteiger partial charge on any atom is -0.497 e. The third-order valence-corrected chi connectivity index (χ3v) is 4.43. The molecule has 0 radical (unpaired) electrons. The van der Waals surface area contributed by atoms with Crippen LogP contribution in [-0.4, -0.2) is 23.9 Å². The molecule has 0 fully saturated rings. The highest BCUT2D eigenvalue weighted by Gasteiger charge is 2.05. The summed E-state index contributed by atoms with van der Waals surface area (Å²) in [5, 5.41) is 8.73. The van der Waals surface area contributed by atoms with Crippen molar-refractivity contribution >= 4 is 23.8 Å². The van der Waals surface area contributed by atoms with Gasteiger partial charge in [0.25, 0.3) is 0 Å². The molecule has 0 aromatic heterocycles. The maximum absolute atomic E-state index is 10.6. The predicted molar refractivity (Wildman–Crippen MR) is 85.3 cm³/mol. The molecule has 0 amide bonds. The summed E-state index contributed by atoms with van der Waals surface area (Å²) in [6.45, 7) is 4.43. The topological polar surface area (TPSA) is 46.5 Å². The van der Waals surface area contributed by atoms with Crippen molar-refractivity contribution in [1.82, 2.24) is 0 Å². The van der Waals surface area contributed by atoms with Gasteiger partial charge in [0, 0.05) is 11.8 Å². The van der Waals surface area contributed by atoms with E-state index in [1.54, 1.807) is 13.2 Å². The maximum Gasteiger partial charge on any atom is 0.328 e. The lowest BCUT2D eigenvalue weighted by atomic mass is 10.1. The van der Waals surface area contributed by atoms with E-state index in [4.69, 9.17) is 9.84 Å². The molecule has 0 bridgehead atoms. The first kappa shape index (κ1) is 16.6. The zero-order chi connectivity index (χ0) is 15.0. The summed E-state index contributed by atoms with van der Waals surface area (Å²) >= 11 is 1.87. The first-order chi connectivity index (χ1) is 9.56. The zero-order valence-electron chi connectivity index (χ0n) is 12.3. The molecule has 0 aliphatic carbocycles. The number of carboxylic acids is 1. The Labute approximate surface area is 125 Å². The van der Waals surface area contributed by atoms with E-state index < -0.39 is 5.97 Å². The molecule has 1 aromatic rings. The third-order valence-electron chi connectivity index (χ3n) is 3.11. The van der Waals surface area contributed by atoms with Crippen LogP contribution in [0, 0.1) is 5.92 Å². The highest BCUT2D eigenvalue weighted by atomic mass is 32.2. The van der Waals surface area contributed by atoms with Crippen molar-refractivity contribution in [1.29, 1.82) is 0 Å². The quantitative estimate of drug-likeness (QED) is 0.734. The van der Waals surface area contributed by atoms with Crippen LogP contribution in [0.2, 0.25) is 0 Å². The minimum absolute atomic E-state index is 0.698. The molecule has 4 heteroatoms. The molecule has 1 unspecified atom stereocenters. The average molecular weight is 294 g/mol. The number of hydrogen-bond donors (Lipinski definition) is 1. The summed E-state index contributed by atoms with van der Waals surface area (Å²) in [5.74, 6) is 2.54. The lowest BCUT2D eigenvalue weighted by Gasteiger charge is -2.11. The highest BCUT2D eigenvalue weighted by Crippen LogP contribution is 2.24. The summed E-state index contributed by atoms with van der Waals surface area (Å²) in [4.78, 5) is 10.6. The summed E-state index contributed by atoms with van der Waals surface area (Å²) in [6.07, 6.45) is 3.99. The van der Waals surface area contributed by atoms with Crippen LogP contribution in [0.3, 0.4) is 0 Å². The molecule has 1 N–H and O–H groups in total. The van der Waals surface area contributed by atoms with Gasteiger partial charge in [-0.15, -0.1) is 0 Å². The number of aliphatic carboxylic acids is 1. The van der Waals surface area contributed by atoms with Gasteiger partial charge in [-0.25, -0.2) is 4.79 Å². The van der Waals surface area contributed by atoms with Gasteiger partial charge in [0.05, 0.1) is 7.11 Å². The van der Waals surface area contributed by atoms with Gasteiger partial charge in [-0.05, 0) is 41.0 Å². The number of carboxylic acid groups (broad SMARTS) is 1. The van der Waals surface area contributed by atoms with Crippen LogP contribution in [0.1, 0.15) is 31.4 Å². The van der Waals surface area contributed by atoms with Gasteiger partial charge >= 0.3 is 5.97 Å². The van der Waals surface area contributed by atoms with E-state index in [1.807, 2.05) is 30.0 Å². The van der Waals surface area contributed by atoms with Crippen LogP contribution in [0.15, 0.2) is 24.3 Å². The van der Waals surface area contributed by atoms with Crippen LogP contribution in [0.25, 0.3) is 6.08 Å². The number of ether oxygens (including phenoxy) is 1. The van der Waals surface area contributed by atoms with E-state index in [-0.39, 0.29) is 0 Å². The number of benzene rings is 1. The molecule has 0 spiro atoms. The molecule has 0 saturated heterocycles. The molecule has 1 aromatic carbocycles. The minimum atomic E-state index is -0.931. The molecule has 1 atom stereocenters. The normalized spacial score (nSPS) is 12.6. The standard InChI is InChI=1S/C16H22O3S/c1-4-12(2)10-20-11-14-9-15(19-3)7-5-13(14)6-8-16(17)18/h5-9,12H,4,10-11H2,1-3H3,(H,17,18)/b8-6+. The summed E-state index contributed by atoms with van der Waals surface area (Å²) < 4.78 is 5.23. The van der Waals surface area contributed by atoms with E-state index in [2.05, 4.69) is 13.8 Å². The summed E-state index contributed by atoms with van der Waals surface area (Å²) in [5.41, 5.74) is 2.04. The molecule has 1 rings (SSSR count). The zero-order valence-corrected chi connectivity index (χ0v) is 13.1. The molecule has 0 aliphatic rings. The Morgan fingerprint density at radius 1 is 1.50 bits per heavy atom. The molecular weight excluding hydrogens is 272 g/mol. The van der Waals surface area contributed by atoms with Gasteiger partial charge in [-0.1, -0.05) is 26.3 Å². The van der Waals surface area contributed by atoms with E-state index in [1.165, 1.54) is 12.5 Å². The third kappa shape index (κ3) is 5.70. The maximum atomic E-state index is 10.6. The lowest BCUT2D eigenvalue weighted by molar-refractivity contribution is -0.131. The van der Waals surface area contributed by atoms with Gasteiger partial charge in [-0.3, -0.25) is 0 Å². The van der Waals surface area contributed by atoms with E-state index in [0.717, 1.165) is 28.4 Å². The highest BCUT2D eigenvalue weighted by molar-refractivity contribution is 7.98. The van der Waals surface area contributed by atoms with Gasteiger partial charge in [0.15, 0.2) is 0 Å². The Hall–Kier alpha value is -1.42. The Bertz CT molecular complexity index is 469. The second kappa shape index (κ2) is 8.69. The second-order valence-electron chi connectivity index (χ2n) is 4.76. The second-order valence-corrected chi connectivity index (χ2v) is 5.80. The fraction of sp³-hybridized carbons (Fsp3) is 0.438. The van der Waals surface area contributed by atoms with Crippen molar-refractivity contribution < 1.29 is 14.6 Å². The Morgan fingerprint density at radius 3 is 2.85 bits per heavy atom. The van der Waals surface area contributed by atoms with Crippen LogP contribution < -0.4 is 4.74 Å². The number of hydrogen-bond acceptors (Lipinski definition) is 3. The van der Waals surface area contributed by atoms with E-state index >= 15 is 0 Å². The Balaban J connectivity index is 2.80. The van der Waals surface area contributed by atoms with Crippen LogP contribution in [-0.2, 0) is 10.5 Å². The average Bonchev–Trinajstić information content (AvgIpc) is 2.45. The van der Waals surface area contributed by atoms with E-state index in [9.17, 15) is 4.79 Å². The van der Waals surface area contributed by atoms with Crippen molar-refractivity contribution in [3.05, 3.63) is 35.4 Å². The van der Waals surface area contributed by atoms with Crippen LogP contribution in [0.5, 0.6) is 5.75 Å². The largest absolute Gasteiger partial charge is 0.497 e. The summed E-state index contributed by atoms with van der Waals surface area (Å²) in [6, 6.07) is 5.73. The van der Waals surface area contributed by atoms with Crippen molar-refractivity contribution in [2.75, 3.05) is 12.9 Å². The number of thioether (sulfide) groups is 1. The van der Waals surface area contributed by atoms with Gasteiger partial charge < -0.3 is 9.84 Å². The fourth-order valence-corrected chi connectivity index (χ4v) is 2.87. The van der Waals surface area contributed by atoms with Crippen LogP contribution in [0.4, 0.5) is 0 Å². The number of methoxy groups -OCH3 is 1. The predicted octanol–water partition coefficient (Wildman–Crippen LogP) is 4.07. The SMILES string of the molecule is CCC(C)CSCc1cc(OC)ccc1/C=C/C(=O)O. The molecule has 110 valence electrons. The van der Waals surface area contributed by atoms with Gasteiger partial charge in [0.2, 0.25) is 0 Å². The van der Waals surface area contributed by atoms with Crippen molar-refractivity contribution in [2.24, 2.45) is 5.92 Å². The summed E-state index contributed by atoms with van der Waals surface area (Å²) in [7, 11) is 1.64. The molecule has 0 saturated carbocycles. The Kier molecular flexibility index (Phi) is 7.23. The van der Waals surface area contributed by atoms with E-state index in [0.29, 0.717) is 5.92 Å². The first-order valence-electron chi connectivity index (χ1n) is 6.72. The van der Waals surface area contributed by atoms with Gasteiger partial charge in [0.1, 0.15) is 5.75 Å².